The number of carbonyl (C=O) groups excluding carboxylic acids is 1. The first kappa shape index (κ1) is 19.9. The van der Waals surface area contributed by atoms with Gasteiger partial charge in [0.2, 0.25) is 5.89 Å². The molecule has 8 heteroatoms. The van der Waals surface area contributed by atoms with Crippen molar-refractivity contribution < 1.29 is 13.9 Å². The van der Waals surface area contributed by atoms with Crippen LogP contribution in [0.1, 0.15) is 10.4 Å². The van der Waals surface area contributed by atoms with Gasteiger partial charge in [-0.2, -0.15) is 0 Å². The van der Waals surface area contributed by atoms with Crippen LogP contribution in [0.2, 0.25) is 5.02 Å². The van der Waals surface area contributed by atoms with Crippen LogP contribution in [0, 0.1) is 0 Å². The van der Waals surface area contributed by atoms with Gasteiger partial charge in [0.15, 0.2) is 10.7 Å². The number of nitrogens with one attached hydrogen (secondary N) is 2. The third-order valence-electron chi connectivity index (χ3n) is 4.33. The number of fused-ring (bicyclic) bond motifs is 1. The summed E-state index contributed by atoms with van der Waals surface area (Å²) in [7, 11) is 1.51. The van der Waals surface area contributed by atoms with E-state index < -0.39 is 0 Å². The van der Waals surface area contributed by atoms with Gasteiger partial charge >= 0.3 is 0 Å². The number of benzene rings is 3. The largest absolute Gasteiger partial charge is 0.496 e. The molecular weight excluding hydrogens is 422 g/mol. The highest BCUT2D eigenvalue weighted by Gasteiger charge is 2.14. The van der Waals surface area contributed by atoms with Crippen molar-refractivity contribution in [3.05, 3.63) is 77.3 Å². The molecule has 1 amide bonds. The predicted octanol–water partition coefficient (Wildman–Crippen LogP) is 5.28. The number of amides is 1. The first-order chi connectivity index (χ1) is 14.5. The standard InChI is InChI=1S/C22H16ClN3O3S/c1-28-18-9-5-3-7-15(18)20(27)26-22(30)24-13-10-11-19-17(12-13)25-21(29-19)14-6-2-4-8-16(14)23/h2-12H,1H3,(H2,24,26,27,30). The molecule has 0 saturated carbocycles. The number of thiocarbonyl (C=S) groups is 1. The van der Waals surface area contributed by atoms with Crippen molar-refractivity contribution in [1.29, 1.82) is 0 Å². The second-order valence-electron chi connectivity index (χ2n) is 6.29. The summed E-state index contributed by atoms with van der Waals surface area (Å²) in [6.45, 7) is 0. The van der Waals surface area contributed by atoms with Crippen LogP contribution in [0.15, 0.2) is 71.1 Å². The van der Waals surface area contributed by atoms with Gasteiger partial charge in [0.1, 0.15) is 11.3 Å². The minimum absolute atomic E-state index is 0.153. The monoisotopic (exact) mass is 437 g/mol. The van der Waals surface area contributed by atoms with E-state index in [0.29, 0.717) is 44.6 Å². The highest BCUT2D eigenvalue weighted by molar-refractivity contribution is 7.80. The fraction of sp³-hybridized carbons (Fsp3) is 0.0455. The fourth-order valence-electron chi connectivity index (χ4n) is 2.92. The molecule has 4 aromatic rings. The predicted molar refractivity (Wildman–Crippen MR) is 121 cm³/mol. The minimum atomic E-state index is -0.367. The maximum absolute atomic E-state index is 12.5. The van der Waals surface area contributed by atoms with E-state index in [4.69, 9.17) is 33.0 Å². The second-order valence-corrected chi connectivity index (χ2v) is 7.11. The normalized spacial score (nSPS) is 10.6. The topological polar surface area (TPSA) is 76.4 Å². The Balaban J connectivity index is 1.50. The van der Waals surface area contributed by atoms with Crippen molar-refractivity contribution in [1.82, 2.24) is 10.3 Å². The number of carbonyl (C=O) groups is 1. The number of rotatable bonds is 4. The molecule has 0 aliphatic carbocycles. The van der Waals surface area contributed by atoms with Crippen molar-refractivity contribution in [2.75, 3.05) is 12.4 Å². The van der Waals surface area contributed by atoms with E-state index >= 15 is 0 Å². The molecule has 30 heavy (non-hydrogen) atoms. The van der Waals surface area contributed by atoms with Crippen LogP contribution < -0.4 is 15.4 Å². The molecule has 0 fully saturated rings. The van der Waals surface area contributed by atoms with E-state index in [-0.39, 0.29) is 11.0 Å². The van der Waals surface area contributed by atoms with Crippen LogP contribution in [0.4, 0.5) is 5.69 Å². The molecule has 6 nitrogen and oxygen atoms in total. The van der Waals surface area contributed by atoms with Crippen molar-refractivity contribution >= 4 is 51.6 Å². The summed E-state index contributed by atoms with van der Waals surface area (Å²) in [6, 6.07) is 19.6. The van der Waals surface area contributed by atoms with Crippen LogP contribution >= 0.6 is 23.8 Å². The number of halogens is 1. The molecule has 4 rings (SSSR count). The van der Waals surface area contributed by atoms with E-state index in [1.165, 1.54) is 7.11 Å². The molecule has 0 aliphatic rings. The second kappa shape index (κ2) is 8.52. The summed E-state index contributed by atoms with van der Waals surface area (Å²) in [5.74, 6) is 0.530. The molecule has 0 bridgehead atoms. The Morgan fingerprint density at radius 1 is 1.10 bits per heavy atom. The zero-order valence-electron chi connectivity index (χ0n) is 15.8. The van der Waals surface area contributed by atoms with Gasteiger partial charge in [-0.1, -0.05) is 35.9 Å². The number of oxazole rings is 1. The van der Waals surface area contributed by atoms with Gasteiger partial charge in [-0.05, 0) is 54.7 Å². The van der Waals surface area contributed by atoms with Gasteiger partial charge in [0.25, 0.3) is 5.91 Å². The maximum Gasteiger partial charge on any atom is 0.261 e. The van der Waals surface area contributed by atoms with Crippen LogP contribution in [0.3, 0.4) is 0 Å². The molecule has 2 N–H and O–H groups in total. The lowest BCUT2D eigenvalue weighted by Gasteiger charge is -2.11. The highest BCUT2D eigenvalue weighted by Crippen LogP contribution is 2.30. The fourth-order valence-corrected chi connectivity index (χ4v) is 3.35. The lowest BCUT2D eigenvalue weighted by molar-refractivity contribution is 0.0975. The Labute approximate surface area is 182 Å². The Morgan fingerprint density at radius 3 is 2.67 bits per heavy atom. The van der Waals surface area contributed by atoms with E-state index in [1.54, 1.807) is 48.5 Å². The maximum atomic E-state index is 12.5. The number of nitrogens with zero attached hydrogens (tertiary/aromatic N) is 1. The molecule has 0 radical (unpaired) electrons. The Morgan fingerprint density at radius 2 is 1.87 bits per heavy atom. The van der Waals surface area contributed by atoms with Gasteiger partial charge in [-0.3, -0.25) is 10.1 Å². The van der Waals surface area contributed by atoms with Crippen molar-refractivity contribution in [2.24, 2.45) is 0 Å². The average Bonchev–Trinajstić information content (AvgIpc) is 3.17. The molecule has 0 unspecified atom stereocenters. The number of ether oxygens (including phenoxy) is 1. The van der Waals surface area contributed by atoms with Crippen molar-refractivity contribution in [3.63, 3.8) is 0 Å². The summed E-state index contributed by atoms with van der Waals surface area (Å²) >= 11 is 11.5. The lowest BCUT2D eigenvalue weighted by atomic mass is 10.2. The molecular formula is C22H16ClN3O3S. The number of aromatic nitrogens is 1. The molecule has 0 saturated heterocycles. The summed E-state index contributed by atoms with van der Waals surface area (Å²) < 4.78 is 11.0. The summed E-state index contributed by atoms with van der Waals surface area (Å²) in [5.41, 5.74) is 3.00. The Hall–Kier alpha value is -3.42. The van der Waals surface area contributed by atoms with Gasteiger partial charge in [0.05, 0.1) is 23.3 Å². The molecule has 150 valence electrons. The minimum Gasteiger partial charge on any atom is -0.496 e. The average molecular weight is 438 g/mol. The summed E-state index contributed by atoms with van der Waals surface area (Å²) in [5, 5.41) is 6.34. The first-order valence-electron chi connectivity index (χ1n) is 8.96. The van der Waals surface area contributed by atoms with Crippen LogP contribution in [0.25, 0.3) is 22.6 Å². The molecule has 1 aromatic heterocycles. The van der Waals surface area contributed by atoms with Crippen LogP contribution in [0.5, 0.6) is 5.75 Å². The number of para-hydroxylation sites is 1. The molecule has 0 atom stereocenters. The van der Waals surface area contributed by atoms with Crippen LogP contribution in [-0.4, -0.2) is 23.1 Å². The van der Waals surface area contributed by atoms with E-state index in [0.717, 1.165) is 0 Å². The van der Waals surface area contributed by atoms with Gasteiger partial charge < -0.3 is 14.5 Å². The lowest BCUT2D eigenvalue weighted by Crippen LogP contribution is -2.34. The van der Waals surface area contributed by atoms with Gasteiger partial charge in [0, 0.05) is 5.69 Å². The molecule has 0 aliphatic heterocycles. The first-order valence-corrected chi connectivity index (χ1v) is 9.74. The molecule has 1 heterocycles. The third kappa shape index (κ3) is 4.12. The highest BCUT2D eigenvalue weighted by atomic mass is 35.5. The van der Waals surface area contributed by atoms with E-state index in [1.807, 2.05) is 18.2 Å². The number of anilines is 1. The Kier molecular flexibility index (Phi) is 5.65. The van der Waals surface area contributed by atoms with Gasteiger partial charge in [-0.25, -0.2) is 4.98 Å². The SMILES string of the molecule is COc1ccccc1C(=O)NC(=S)Nc1ccc2oc(-c3ccccc3Cl)nc2c1. The number of methoxy groups -OCH3 is 1. The summed E-state index contributed by atoms with van der Waals surface area (Å²) in [4.78, 5) is 17.0. The quantitative estimate of drug-likeness (QED) is 0.423. The zero-order chi connectivity index (χ0) is 21.1. The van der Waals surface area contributed by atoms with E-state index in [2.05, 4.69) is 15.6 Å². The number of hydrogen-bond acceptors (Lipinski definition) is 5. The molecule has 3 aromatic carbocycles. The van der Waals surface area contributed by atoms with Crippen molar-refractivity contribution in [2.45, 2.75) is 0 Å². The van der Waals surface area contributed by atoms with Crippen molar-refractivity contribution in [3.8, 4) is 17.2 Å². The number of hydrogen-bond donors (Lipinski definition) is 2. The van der Waals surface area contributed by atoms with Crippen LogP contribution in [-0.2, 0) is 0 Å². The Bertz CT molecular complexity index is 1260. The summed E-state index contributed by atoms with van der Waals surface area (Å²) in [6.07, 6.45) is 0. The zero-order valence-corrected chi connectivity index (χ0v) is 17.4. The smallest absolute Gasteiger partial charge is 0.261 e. The third-order valence-corrected chi connectivity index (χ3v) is 4.86. The molecule has 0 spiro atoms. The van der Waals surface area contributed by atoms with E-state index in [9.17, 15) is 4.79 Å². The van der Waals surface area contributed by atoms with Gasteiger partial charge in [-0.15, -0.1) is 0 Å².